The molecule has 0 N–H and O–H groups in total. The maximum absolute atomic E-state index is 12.3. The van der Waals surface area contributed by atoms with Crippen LogP contribution in [0.3, 0.4) is 0 Å². The summed E-state index contributed by atoms with van der Waals surface area (Å²) in [6.45, 7) is 4.69. The summed E-state index contributed by atoms with van der Waals surface area (Å²) in [6.07, 6.45) is 2.03. The number of ether oxygens (including phenoxy) is 4. The van der Waals surface area contributed by atoms with Crippen molar-refractivity contribution in [3.8, 4) is 11.1 Å². The molecule has 0 unspecified atom stereocenters. The van der Waals surface area contributed by atoms with Crippen molar-refractivity contribution in [2.45, 2.75) is 0 Å². The number of halogens is 2. The van der Waals surface area contributed by atoms with Gasteiger partial charge in [-0.2, -0.15) is 0 Å². The third-order valence-electron chi connectivity index (χ3n) is 6.81. The summed E-state index contributed by atoms with van der Waals surface area (Å²) in [7, 11) is 0. The highest BCUT2D eigenvalue weighted by atomic mass is 79.9. The molecule has 0 spiro atoms. The lowest BCUT2D eigenvalue weighted by Crippen LogP contribution is -2.32. The summed E-state index contributed by atoms with van der Waals surface area (Å²) in [5, 5.41) is 12.3. The van der Waals surface area contributed by atoms with Crippen molar-refractivity contribution in [3.05, 3.63) is 90.3 Å². The van der Waals surface area contributed by atoms with Crippen LogP contribution < -0.4 is 4.90 Å². The first-order valence-corrected chi connectivity index (χ1v) is 14.8. The molecule has 0 radical (unpaired) electrons. The van der Waals surface area contributed by atoms with E-state index in [1.165, 1.54) is 0 Å². The molecular weight excluding hydrogens is 644 g/mol. The molecule has 1 aliphatic carbocycles. The Morgan fingerprint density at radius 1 is 0.675 bits per heavy atom. The van der Waals surface area contributed by atoms with Gasteiger partial charge in [-0.05, 0) is 69.8 Å². The van der Waals surface area contributed by atoms with E-state index in [0.717, 1.165) is 42.3 Å². The van der Waals surface area contributed by atoms with Gasteiger partial charge in [0.05, 0.1) is 57.8 Å². The molecule has 0 bridgehead atoms. The predicted octanol–water partition coefficient (Wildman–Crippen LogP) is 6.58. The van der Waals surface area contributed by atoms with E-state index in [1.54, 1.807) is 6.07 Å². The molecule has 210 valence electrons. The maximum atomic E-state index is 12.3. The summed E-state index contributed by atoms with van der Waals surface area (Å²) >= 11 is 7.20. The summed E-state index contributed by atoms with van der Waals surface area (Å²) in [4.78, 5) is 13.9. The smallest absolute Gasteiger partial charge is 0.293 e. The molecule has 0 atom stereocenters. The lowest BCUT2D eigenvalue weighted by atomic mass is 10.0. The first-order valence-electron chi connectivity index (χ1n) is 13.2. The van der Waals surface area contributed by atoms with E-state index in [1.807, 2.05) is 35.2 Å². The van der Waals surface area contributed by atoms with Crippen molar-refractivity contribution in [1.29, 1.82) is 0 Å². The van der Waals surface area contributed by atoms with Gasteiger partial charge >= 0.3 is 0 Å². The topological polar surface area (TPSA) is 83.3 Å². The zero-order chi connectivity index (χ0) is 27.9. The van der Waals surface area contributed by atoms with Crippen molar-refractivity contribution in [1.82, 2.24) is 0 Å². The van der Waals surface area contributed by atoms with Crippen LogP contribution in [-0.2, 0) is 18.9 Å². The second-order valence-corrected chi connectivity index (χ2v) is 11.2. The van der Waals surface area contributed by atoms with Gasteiger partial charge in [0, 0.05) is 28.1 Å². The molecule has 10 heteroatoms. The molecule has 1 saturated heterocycles. The third-order valence-corrected chi connectivity index (χ3v) is 7.80. The summed E-state index contributed by atoms with van der Waals surface area (Å²) in [6, 6.07) is 17.9. The van der Waals surface area contributed by atoms with Crippen LogP contribution in [0.15, 0.2) is 63.5 Å². The maximum Gasteiger partial charge on any atom is 0.293 e. The van der Waals surface area contributed by atoms with Crippen LogP contribution in [0.5, 0.6) is 0 Å². The number of benzene rings is 3. The molecule has 1 fully saturated rings. The quantitative estimate of drug-likeness (QED) is 0.180. The summed E-state index contributed by atoms with van der Waals surface area (Å²) in [5.74, 6) is 0. The first-order chi connectivity index (χ1) is 19.5. The van der Waals surface area contributed by atoms with Crippen LogP contribution in [0, 0.1) is 10.1 Å². The lowest BCUT2D eigenvalue weighted by Gasteiger charge is -2.24. The molecule has 0 amide bonds. The molecule has 3 aromatic carbocycles. The highest BCUT2D eigenvalue weighted by Gasteiger charge is 2.25. The fourth-order valence-corrected chi connectivity index (χ4v) is 5.65. The molecule has 8 nitrogen and oxygen atoms in total. The normalized spacial score (nSPS) is 16.9. The first kappa shape index (κ1) is 28.9. The molecule has 40 heavy (non-hydrogen) atoms. The van der Waals surface area contributed by atoms with Crippen LogP contribution in [0.1, 0.15) is 16.7 Å². The number of nitrogens with zero attached hydrogens (tertiary/aromatic N) is 2. The van der Waals surface area contributed by atoms with Gasteiger partial charge in [-0.25, -0.2) is 0 Å². The largest absolute Gasteiger partial charge is 0.377 e. The molecule has 1 aliphatic heterocycles. The lowest BCUT2D eigenvalue weighted by molar-refractivity contribution is -0.384. The minimum atomic E-state index is -0.319. The van der Waals surface area contributed by atoms with Gasteiger partial charge in [-0.3, -0.25) is 10.1 Å². The highest BCUT2D eigenvalue weighted by molar-refractivity contribution is 9.10. The molecule has 3 aromatic rings. The second-order valence-electron chi connectivity index (χ2n) is 9.38. The SMILES string of the molecule is O=[N+]([O-])c1cc(C=C2c3cc(Br)ccc3-c3ccc(Br)cc32)ccc1N1CCOCCOCCOCCOCC1. The fraction of sp³-hybridized carbons (Fsp3) is 0.333. The van der Waals surface area contributed by atoms with Gasteiger partial charge in [-0.15, -0.1) is 0 Å². The van der Waals surface area contributed by atoms with Gasteiger partial charge in [0.1, 0.15) is 5.69 Å². The van der Waals surface area contributed by atoms with Crippen LogP contribution in [0.2, 0.25) is 0 Å². The van der Waals surface area contributed by atoms with Gasteiger partial charge in [0.25, 0.3) is 5.69 Å². The van der Waals surface area contributed by atoms with E-state index >= 15 is 0 Å². The van der Waals surface area contributed by atoms with Crippen molar-refractivity contribution in [2.75, 3.05) is 70.8 Å². The Balaban J connectivity index is 1.45. The molecular formula is C30H30Br2N2O6. The van der Waals surface area contributed by atoms with Crippen molar-refractivity contribution < 1.29 is 23.9 Å². The van der Waals surface area contributed by atoms with E-state index in [-0.39, 0.29) is 10.6 Å². The van der Waals surface area contributed by atoms with E-state index < -0.39 is 0 Å². The summed E-state index contributed by atoms with van der Waals surface area (Å²) < 4.78 is 24.4. The average Bonchev–Trinajstić information content (AvgIpc) is 3.22. The van der Waals surface area contributed by atoms with E-state index in [4.69, 9.17) is 18.9 Å². The Kier molecular flexibility index (Phi) is 10.0. The van der Waals surface area contributed by atoms with Crippen molar-refractivity contribution in [2.24, 2.45) is 0 Å². The molecule has 0 saturated carbocycles. The van der Waals surface area contributed by atoms with Crippen molar-refractivity contribution in [3.63, 3.8) is 0 Å². The highest BCUT2D eigenvalue weighted by Crippen LogP contribution is 2.47. The van der Waals surface area contributed by atoms with Gasteiger partial charge in [-0.1, -0.05) is 50.1 Å². The fourth-order valence-electron chi connectivity index (χ4n) is 4.92. The number of rotatable bonds is 3. The summed E-state index contributed by atoms with van der Waals surface area (Å²) in [5.41, 5.74) is 6.80. The Morgan fingerprint density at radius 3 is 1.68 bits per heavy atom. The second kappa shape index (κ2) is 13.8. The molecule has 0 aromatic heterocycles. The number of fused-ring (bicyclic) bond motifs is 3. The van der Waals surface area contributed by atoms with Gasteiger partial charge < -0.3 is 23.8 Å². The van der Waals surface area contributed by atoms with Crippen LogP contribution in [0.25, 0.3) is 22.8 Å². The van der Waals surface area contributed by atoms with Crippen molar-refractivity contribution >= 4 is 54.9 Å². The minimum Gasteiger partial charge on any atom is -0.377 e. The average molecular weight is 674 g/mol. The van der Waals surface area contributed by atoms with Gasteiger partial charge in [0.2, 0.25) is 0 Å². The zero-order valence-electron chi connectivity index (χ0n) is 21.9. The Morgan fingerprint density at radius 2 is 1.18 bits per heavy atom. The van der Waals surface area contributed by atoms with E-state index in [9.17, 15) is 10.1 Å². The van der Waals surface area contributed by atoms with Crippen LogP contribution in [-0.4, -0.2) is 70.9 Å². The number of hydrogen-bond donors (Lipinski definition) is 0. The van der Waals surface area contributed by atoms with Gasteiger partial charge in [0.15, 0.2) is 0 Å². The van der Waals surface area contributed by atoms with E-state index in [2.05, 4.69) is 56.1 Å². The number of nitro benzene ring substituents is 1. The third kappa shape index (κ3) is 6.99. The zero-order valence-corrected chi connectivity index (χ0v) is 25.1. The number of hydrogen-bond acceptors (Lipinski definition) is 7. The Bertz CT molecular complexity index is 1330. The Hall–Kier alpha value is -2.60. The monoisotopic (exact) mass is 672 g/mol. The van der Waals surface area contributed by atoms with E-state index in [0.29, 0.717) is 71.6 Å². The standard InChI is InChI=1S/C30H30Br2N2O6/c31-22-2-4-24-25-5-3-23(32)20-28(25)26(27(24)19-22)17-21-1-6-29(30(18-21)34(35)36)33-7-9-37-11-13-39-15-16-40-14-12-38-10-8-33/h1-6,17-20H,7-16H2. The van der Waals surface area contributed by atoms with Crippen LogP contribution in [0.4, 0.5) is 11.4 Å². The van der Waals surface area contributed by atoms with Crippen LogP contribution >= 0.6 is 31.9 Å². The number of nitro groups is 1. The molecule has 2 aliphatic rings. The number of anilines is 1. The Labute approximate surface area is 250 Å². The molecule has 1 heterocycles. The predicted molar refractivity (Wildman–Crippen MR) is 163 cm³/mol. The minimum absolute atomic E-state index is 0.0425. The molecule has 5 rings (SSSR count).